The van der Waals surface area contributed by atoms with E-state index in [0.29, 0.717) is 12.3 Å². The minimum absolute atomic E-state index is 0.276. The second-order valence-electron chi connectivity index (χ2n) is 10.1. The van der Waals surface area contributed by atoms with E-state index in [1.165, 1.54) is 103 Å². The Morgan fingerprint density at radius 1 is 0.594 bits per heavy atom. The van der Waals surface area contributed by atoms with E-state index >= 15 is 0 Å². The smallest absolute Gasteiger partial charge is 0.146 e. The van der Waals surface area contributed by atoms with Crippen molar-refractivity contribution in [2.75, 3.05) is 45.9 Å². The molecule has 4 nitrogen and oxygen atoms in total. The molecule has 1 heterocycles. The molecule has 0 amide bonds. The Balaban J connectivity index is 1.77. The van der Waals surface area contributed by atoms with Gasteiger partial charge in [-0.3, -0.25) is 9.69 Å². The number of piperazine rings is 1. The molecule has 0 radical (unpaired) electrons. The average Bonchev–Trinajstić information content (AvgIpc) is 2.80. The Hall–Kier alpha value is -0.450. The SMILES string of the molecule is CCCCCCCCCCCCCCCCCCCC(=O)CN1CCN(CCCO)CC1. The number of Topliss-reactive ketones (excluding diaryl/α,β-unsaturated/α-hetero) is 1. The first-order valence-corrected chi connectivity index (χ1v) is 14.3. The molecule has 1 N–H and O–H groups in total. The van der Waals surface area contributed by atoms with E-state index in [1.54, 1.807) is 0 Å². The molecular weight excluding hydrogens is 396 g/mol. The van der Waals surface area contributed by atoms with Crippen molar-refractivity contribution in [1.82, 2.24) is 9.80 Å². The molecular formula is C28H56N2O2. The molecule has 1 saturated heterocycles. The number of carbonyl (C=O) groups is 1. The van der Waals surface area contributed by atoms with Crippen LogP contribution in [0.25, 0.3) is 0 Å². The zero-order chi connectivity index (χ0) is 23.1. The third-order valence-corrected chi connectivity index (χ3v) is 7.06. The molecule has 0 aromatic carbocycles. The summed E-state index contributed by atoms with van der Waals surface area (Å²) in [7, 11) is 0. The van der Waals surface area contributed by atoms with Crippen molar-refractivity contribution in [1.29, 1.82) is 0 Å². The van der Waals surface area contributed by atoms with E-state index in [2.05, 4.69) is 16.7 Å². The molecule has 32 heavy (non-hydrogen) atoms. The third kappa shape index (κ3) is 18.0. The molecule has 1 rings (SSSR count). The summed E-state index contributed by atoms with van der Waals surface area (Å²) in [5.41, 5.74) is 0. The fourth-order valence-corrected chi connectivity index (χ4v) is 4.84. The first-order chi connectivity index (χ1) is 15.8. The number of hydrogen-bond donors (Lipinski definition) is 1. The van der Waals surface area contributed by atoms with E-state index in [1.807, 2.05) is 0 Å². The van der Waals surface area contributed by atoms with E-state index in [9.17, 15) is 4.79 Å². The lowest BCUT2D eigenvalue weighted by molar-refractivity contribution is -0.120. The number of rotatable bonds is 23. The summed E-state index contributed by atoms with van der Waals surface area (Å²) in [6.07, 6.45) is 25.1. The predicted octanol–water partition coefficient (Wildman–Crippen LogP) is 6.60. The molecule has 0 aliphatic carbocycles. The van der Waals surface area contributed by atoms with Crippen molar-refractivity contribution in [3.8, 4) is 0 Å². The first-order valence-electron chi connectivity index (χ1n) is 14.3. The van der Waals surface area contributed by atoms with Crippen LogP contribution in [-0.2, 0) is 4.79 Å². The maximum atomic E-state index is 12.2. The molecule has 190 valence electrons. The normalized spacial score (nSPS) is 15.4. The van der Waals surface area contributed by atoms with Gasteiger partial charge in [0.25, 0.3) is 0 Å². The van der Waals surface area contributed by atoms with Crippen LogP contribution in [0.3, 0.4) is 0 Å². The van der Waals surface area contributed by atoms with Crippen LogP contribution in [0.5, 0.6) is 0 Å². The fourth-order valence-electron chi connectivity index (χ4n) is 4.84. The van der Waals surface area contributed by atoms with Gasteiger partial charge in [0, 0.05) is 45.8 Å². The molecule has 0 saturated carbocycles. The van der Waals surface area contributed by atoms with Gasteiger partial charge in [0.15, 0.2) is 0 Å². The number of unbranched alkanes of at least 4 members (excludes halogenated alkanes) is 16. The van der Waals surface area contributed by atoms with Crippen molar-refractivity contribution in [3.63, 3.8) is 0 Å². The van der Waals surface area contributed by atoms with Crippen molar-refractivity contribution >= 4 is 5.78 Å². The molecule has 1 aliphatic rings. The van der Waals surface area contributed by atoms with Crippen LogP contribution in [0.4, 0.5) is 0 Å². The lowest BCUT2D eigenvalue weighted by atomic mass is 10.0. The molecule has 0 unspecified atom stereocenters. The Kier molecular flexibility index (Phi) is 20.7. The third-order valence-electron chi connectivity index (χ3n) is 7.06. The van der Waals surface area contributed by atoms with Crippen LogP contribution in [0.1, 0.15) is 129 Å². The first kappa shape index (κ1) is 29.6. The van der Waals surface area contributed by atoms with Gasteiger partial charge in [0.05, 0.1) is 6.54 Å². The Morgan fingerprint density at radius 2 is 1.00 bits per heavy atom. The standard InChI is InChI=1S/C28H56N2O2/c1-2-3-4-5-6-7-8-9-10-11-12-13-14-15-16-17-18-20-28(32)27-30-24-22-29(23-25-30)21-19-26-31/h31H,2-27H2,1H3. The maximum absolute atomic E-state index is 12.2. The Bertz CT molecular complexity index is 408. The van der Waals surface area contributed by atoms with Gasteiger partial charge in [-0.2, -0.15) is 0 Å². The van der Waals surface area contributed by atoms with Crippen molar-refractivity contribution in [2.45, 2.75) is 129 Å². The fraction of sp³-hybridized carbons (Fsp3) is 0.964. The molecule has 4 heteroatoms. The van der Waals surface area contributed by atoms with Crippen molar-refractivity contribution in [3.05, 3.63) is 0 Å². The van der Waals surface area contributed by atoms with Gasteiger partial charge in [0.2, 0.25) is 0 Å². The monoisotopic (exact) mass is 452 g/mol. The summed E-state index contributed by atoms with van der Waals surface area (Å²) >= 11 is 0. The highest BCUT2D eigenvalue weighted by molar-refractivity contribution is 5.80. The van der Waals surface area contributed by atoms with Crippen LogP contribution in [-0.4, -0.2) is 66.6 Å². The van der Waals surface area contributed by atoms with Crippen LogP contribution < -0.4 is 0 Å². The molecule has 1 fully saturated rings. The number of aliphatic hydroxyl groups excluding tert-OH is 1. The number of ketones is 1. The van der Waals surface area contributed by atoms with Gasteiger partial charge in [-0.15, -0.1) is 0 Å². The van der Waals surface area contributed by atoms with Gasteiger partial charge in [-0.25, -0.2) is 0 Å². The maximum Gasteiger partial charge on any atom is 0.146 e. The number of nitrogens with zero attached hydrogens (tertiary/aromatic N) is 2. The molecule has 0 spiro atoms. The summed E-state index contributed by atoms with van der Waals surface area (Å²) in [5.74, 6) is 0.426. The number of aliphatic hydroxyl groups is 1. The molecule has 0 aromatic heterocycles. The lowest BCUT2D eigenvalue weighted by Gasteiger charge is -2.34. The second-order valence-corrected chi connectivity index (χ2v) is 10.1. The van der Waals surface area contributed by atoms with Crippen LogP contribution in [0, 0.1) is 0 Å². The van der Waals surface area contributed by atoms with Crippen LogP contribution in [0.15, 0.2) is 0 Å². The molecule has 1 aliphatic heterocycles. The predicted molar refractivity (Wildman–Crippen MR) is 138 cm³/mol. The highest BCUT2D eigenvalue weighted by Gasteiger charge is 2.18. The van der Waals surface area contributed by atoms with Gasteiger partial charge < -0.3 is 10.0 Å². The van der Waals surface area contributed by atoms with Crippen LogP contribution >= 0.6 is 0 Å². The van der Waals surface area contributed by atoms with Gasteiger partial charge in [0.1, 0.15) is 5.78 Å². The summed E-state index contributed by atoms with van der Waals surface area (Å²) in [4.78, 5) is 16.9. The van der Waals surface area contributed by atoms with Crippen LogP contribution in [0.2, 0.25) is 0 Å². The highest BCUT2D eigenvalue weighted by Crippen LogP contribution is 2.14. The quantitative estimate of drug-likeness (QED) is 0.177. The van der Waals surface area contributed by atoms with E-state index < -0.39 is 0 Å². The molecule has 0 atom stereocenters. The summed E-state index contributed by atoms with van der Waals surface area (Å²) in [5, 5.41) is 8.93. The minimum atomic E-state index is 0.276. The second kappa shape index (κ2) is 22.3. The van der Waals surface area contributed by atoms with Gasteiger partial charge in [-0.1, -0.05) is 110 Å². The van der Waals surface area contributed by atoms with E-state index in [4.69, 9.17) is 5.11 Å². The summed E-state index contributed by atoms with van der Waals surface area (Å²) < 4.78 is 0. The topological polar surface area (TPSA) is 43.8 Å². The summed E-state index contributed by atoms with van der Waals surface area (Å²) in [6, 6.07) is 0. The Labute approximate surface area is 200 Å². The average molecular weight is 453 g/mol. The number of carbonyl (C=O) groups excluding carboxylic acids is 1. The van der Waals surface area contributed by atoms with Crippen molar-refractivity contribution in [2.24, 2.45) is 0 Å². The minimum Gasteiger partial charge on any atom is -0.396 e. The van der Waals surface area contributed by atoms with E-state index in [0.717, 1.165) is 52.0 Å². The zero-order valence-corrected chi connectivity index (χ0v) is 21.6. The molecule has 0 aromatic rings. The van der Waals surface area contributed by atoms with Gasteiger partial charge in [-0.05, 0) is 12.8 Å². The lowest BCUT2D eigenvalue weighted by Crippen LogP contribution is -2.48. The van der Waals surface area contributed by atoms with Crippen molar-refractivity contribution < 1.29 is 9.90 Å². The van der Waals surface area contributed by atoms with Gasteiger partial charge >= 0.3 is 0 Å². The zero-order valence-electron chi connectivity index (χ0n) is 21.6. The molecule has 0 bridgehead atoms. The number of hydrogen-bond acceptors (Lipinski definition) is 4. The Morgan fingerprint density at radius 3 is 1.44 bits per heavy atom. The summed E-state index contributed by atoms with van der Waals surface area (Å²) in [6.45, 7) is 8.25. The van der Waals surface area contributed by atoms with E-state index in [-0.39, 0.29) is 6.61 Å². The largest absolute Gasteiger partial charge is 0.396 e. The highest BCUT2D eigenvalue weighted by atomic mass is 16.3.